The average Bonchev–Trinajstić information content (AvgIpc) is 3.25. The number of hydrogen-bond acceptors (Lipinski definition) is 6. The molecule has 1 N–H and O–H groups in total. The Balaban J connectivity index is 1.54. The Morgan fingerprint density at radius 1 is 1.15 bits per heavy atom. The van der Waals surface area contributed by atoms with Crippen LogP contribution in [0.25, 0.3) is 10.2 Å². The fourth-order valence-electron chi connectivity index (χ4n) is 2.71. The molecule has 1 amide bonds. The Labute approximate surface area is 159 Å². The van der Waals surface area contributed by atoms with Crippen LogP contribution in [0.5, 0.6) is 5.75 Å². The molecular weight excluding hydrogens is 362 g/mol. The molecule has 0 aliphatic heterocycles. The van der Waals surface area contributed by atoms with Crippen LogP contribution in [0.4, 0.5) is 5.13 Å². The molecule has 0 bridgehead atoms. The number of aromatic nitrogens is 2. The summed E-state index contributed by atoms with van der Waals surface area (Å²) in [6, 6.07) is 15.3. The number of anilines is 1. The summed E-state index contributed by atoms with van der Waals surface area (Å²) in [6.45, 7) is 3.95. The summed E-state index contributed by atoms with van der Waals surface area (Å²) >= 11 is 1.42. The van der Waals surface area contributed by atoms with Crippen molar-refractivity contribution in [3.63, 3.8) is 0 Å². The summed E-state index contributed by atoms with van der Waals surface area (Å²) in [4.78, 5) is 17.2. The number of carbonyl (C=O) groups is 1. The van der Waals surface area contributed by atoms with E-state index in [2.05, 4.69) is 15.5 Å². The molecule has 2 heterocycles. The third-order valence-corrected chi connectivity index (χ3v) is 5.10. The van der Waals surface area contributed by atoms with E-state index < -0.39 is 0 Å². The topological polar surface area (TPSA) is 77.3 Å². The van der Waals surface area contributed by atoms with Crippen LogP contribution >= 0.6 is 11.3 Å². The normalized spacial score (nSPS) is 10.9. The highest BCUT2D eigenvalue weighted by atomic mass is 32.1. The van der Waals surface area contributed by atoms with Gasteiger partial charge in [0.25, 0.3) is 5.91 Å². The van der Waals surface area contributed by atoms with Gasteiger partial charge in [-0.2, -0.15) is 0 Å². The number of aryl methyl sites for hydroxylation is 2. The summed E-state index contributed by atoms with van der Waals surface area (Å²) in [7, 11) is 0. The van der Waals surface area contributed by atoms with Crippen molar-refractivity contribution in [2.45, 2.75) is 20.5 Å². The summed E-state index contributed by atoms with van der Waals surface area (Å²) in [5.41, 5.74) is 2.79. The molecule has 0 unspecified atom stereocenters. The minimum Gasteiger partial charge on any atom is -0.489 e. The lowest BCUT2D eigenvalue weighted by Crippen LogP contribution is -2.15. The second kappa shape index (κ2) is 7.20. The van der Waals surface area contributed by atoms with Crippen LogP contribution < -0.4 is 10.1 Å². The van der Waals surface area contributed by atoms with E-state index in [-0.39, 0.29) is 18.2 Å². The van der Waals surface area contributed by atoms with Crippen molar-refractivity contribution in [1.29, 1.82) is 0 Å². The van der Waals surface area contributed by atoms with Gasteiger partial charge in [-0.05, 0) is 37.6 Å². The molecule has 0 saturated carbocycles. The highest BCUT2D eigenvalue weighted by Gasteiger charge is 2.21. The van der Waals surface area contributed by atoms with Crippen molar-refractivity contribution in [1.82, 2.24) is 10.1 Å². The number of fused-ring (bicyclic) bond motifs is 1. The maximum atomic E-state index is 12.7. The van der Waals surface area contributed by atoms with E-state index in [0.29, 0.717) is 22.2 Å². The van der Waals surface area contributed by atoms with Crippen LogP contribution in [0.15, 0.2) is 53.1 Å². The molecule has 4 rings (SSSR count). The zero-order valence-electron chi connectivity index (χ0n) is 14.9. The monoisotopic (exact) mass is 379 g/mol. The number of para-hydroxylation sites is 2. The number of amides is 1. The van der Waals surface area contributed by atoms with Crippen LogP contribution in [0.3, 0.4) is 0 Å². The van der Waals surface area contributed by atoms with E-state index in [4.69, 9.17) is 9.26 Å². The smallest absolute Gasteiger partial charge is 0.280 e. The SMILES string of the molecule is Cc1onc(C(=O)Nc2nc3c(C)cccc3s2)c1COc1ccccc1. The first kappa shape index (κ1) is 17.2. The predicted octanol–water partition coefficient (Wildman–Crippen LogP) is 4.73. The Morgan fingerprint density at radius 2 is 1.96 bits per heavy atom. The second-order valence-electron chi connectivity index (χ2n) is 6.06. The maximum absolute atomic E-state index is 12.7. The number of rotatable bonds is 5. The summed E-state index contributed by atoms with van der Waals surface area (Å²) in [5.74, 6) is 0.901. The van der Waals surface area contributed by atoms with Gasteiger partial charge in [0.1, 0.15) is 18.1 Å². The third kappa shape index (κ3) is 3.54. The number of nitrogens with zero attached hydrogens (tertiary/aromatic N) is 2. The minimum absolute atomic E-state index is 0.195. The van der Waals surface area contributed by atoms with Crippen molar-refractivity contribution < 1.29 is 14.1 Å². The lowest BCUT2D eigenvalue weighted by atomic mass is 10.2. The van der Waals surface area contributed by atoms with Crippen LogP contribution in [0, 0.1) is 13.8 Å². The van der Waals surface area contributed by atoms with Crippen LogP contribution in [-0.2, 0) is 6.61 Å². The molecule has 2 aromatic heterocycles. The molecule has 136 valence electrons. The zero-order chi connectivity index (χ0) is 18.8. The number of hydrogen-bond donors (Lipinski definition) is 1. The number of nitrogens with one attached hydrogen (secondary N) is 1. The standard InChI is InChI=1S/C20H17N3O3S/c1-12-7-6-10-16-17(12)21-20(27-16)22-19(24)18-15(13(2)26-23-18)11-25-14-8-4-3-5-9-14/h3-10H,11H2,1-2H3,(H,21,22,24). The third-order valence-electron chi connectivity index (χ3n) is 4.17. The number of thiazole rings is 1. The van der Waals surface area contributed by atoms with Gasteiger partial charge in [-0.25, -0.2) is 4.98 Å². The Morgan fingerprint density at radius 3 is 2.74 bits per heavy atom. The average molecular weight is 379 g/mol. The Bertz CT molecular complexity index is 1100. The largest absolute Gasteiger partial charge is 0.489 e. The molecule has 0 radical (unpaired) electrons. The number of carbonyl (C=O) groups excluding carboxylic acids is 1. The Hall–Kier alpha value is -3.19. The number of ether oxygens (including phenoxy) is 1. The lowest BCUT2D eigenvalue weighted by Gasteiger charge is -2.06. The fraction of sp³-hybridized carbons (Fsp3) is 0.150. The van der Waals surface area contributed by atoms with Gasteiger partial charge in [0.15, 0.2) is 10.8 Å². The van der Waals surface area contributed by atoms with Gasteiger partial charge >= 0.3 is 0 Å². The van der Waals surface area contributed by atoms with Gasteiger partial charge in [-0.15, -0.1) is 0 Å². The predicted molar refractivity (Wildman–Crippen MR) is 104 cm³/mol. The Kier molecular flexibility index (Phi) is 4.60. The second-order valence-corrected chi connectivity index (χ2v) is 7.09. The van der Waals surface area contributed by atoms with Crippen LogP contribution in [0.1, 0.15) is 27.4 Å². The van der Waals surface area contributed by atoms with Crippen molar-refractivity contribution in [3.05, 3.63) is 71.1 Å². The molecule has 0 aliphatic rings. The highest BCUT2D eigenvalue weighted by Crippen LogP contribution is 2.28. The molecule has 2 aromatic carbocycles. The lowest BCUT2D eigenvalue weighted by molar-refractivity contribution is 0.101. The van der Waals surface area contributed by atoms with Gasteiger partial charge in [0.2, 0.25) is 0 Å². The quantitative estimate of drug-likeness (QED) is 0.542. The van der Waals surface area contributed by atoms with Crippen molar-refractivity contribution in [2.75, 3.05) is 5.32 Å². The van der Waals surface area contributed by atoms with Crippen LogP contribution in [0.2, 0.25) is 0 Å². The molecule has 0 fully saturated rings. The van der Waals surface area contributed by atoms with Gasteiger partial charge in [0.05, 0.1) is 15.8 Å². The van der Waals surface area contributed by atoms with Crippen molar-refractivity contribution in [2.24, 2.45) is 0 Å². The summed E-state index contributed by atoms with van der Waals surface area (Å²) in [5, 5.41) is 7.25. The minimum atomic E-state index is -0.366. The first-order valence-electron chi connectivity index (χ1n) is 8.42. The molecular formula is C20H17N3O3S. The van der Waals surface area contributed by atoms with Crippen molar-refractivity contribution in [3.8, 4) is 5.75 Å². The molecule has 0 saturated heterocycles. The first-order valence-corrected chi connectivity index (χ1v) is 9.24. The van der Waals surface area contributed by atoms with E-state index in [1.54, 1.807) is 6.92 Å². The molecule has 7 heteroatoms. The highest BCUT2D eigenvalue weighted by molar-refractivity contribution is 7.22. The van der Waals surface area contributed by atoms with E-state index in [1.807, 2.05) is 55.5 Å². The van der Waals surface area contributed by atoms with Gasteiger partial charge in [-0.3, -0.25) is 10.1 Å². The maximum Gasteiger partial charge on any atom is 0.280 e. The molecule has 0 atom stereocenters. The van der Waals surface area contributed by atoms with E-state index in [0.717, 1.165) is 15.8 Å². The summed E-state index contributed by atoms with van der Waals surface area (Å²) in [6.07, 6.45) is 0. The molecule has 6 nitrogen and oxygen atoms in total. The summed E-state index contributed by atoms with van der Waals surface area (Å²) < 4.78 is 12.0. The van der Waals surface area contributed by atoms with Crippen molar-refractivity contribution >= 4 is 32.6 Å². The zero-order valence-corrected chi connectivity index (χ0v) is 15.7. The van der Waals surface area contributed by atoms with E-state index >= 15 is 0 Å². The van der Waals surface area contributed by atoms with Gasteiger partial charge in [0, 0.05) is 0 Å². The first-order chi connectivity index (χ1) is 13.1. The molecule has 27 heavy (non-hydrogen) atoms. The van der Waals surface area contributed by atoms with Crippen LogP contribution in [-0.4, -0.2) is 16.0 Å². The van der Waals surface area contributed by atoms with Gasteiger partial charge < -0.3 is 9.26 Å². The van der Waals surface area contributed by atoms with E-state index in [1.165, 1.54) is 11.3 Å². The molecule has 0 aliphatic carbocycles. The van der Waals surface area contributed by atoms with Gasteiger partial charge in [-0.1, -0.05) is 46.8 Å². The number of benzene rings is 2. The molecule has 4 aromatic rings. The fourth-order valence-corrected chi connectivity index (χ4v) is 3.65. The molecule has 0 spiro atoms. The van der Waals surface area contributed by atoms with E-state index in [9.17, 15) is 4.79 Å².